The molecule has 1 aromatic heterocycles. The molecule has 0 aliphatic heterocycles. The summed E-state index contributed by atoms with van der Waals surface area (Å²) >= 11 is 0. The third-order valence-corrected chi connectivity index (χ3v) is 4.03. The van der Waals surface area contributed by atoms with E-state index in [1.54, 1.807) is 0 Å². The Morgan fingerprint density at radius 3 is 2.68 bits per heavy atom. The van der Waals surface area contributed by atoms with Gasteiger partial charge in [-0.25, -0.2) is 4.98 Å². The zero-order chi connectivity index (χ0) is 13.1. The molecule has 3 rings (SSSR count). The lowest BCUT2D eigenvalue weighted by Crippen LogP contribution is -2.13. The van der Waals surface area contributed by atoms with Crippen LogP contribution in [0.25, 0.3) is 0 Å². The number of rotatable bonds is 4. The number of nitrogens with zero attached hydrogens (tertiary/aromatic N) is 2. The van der Waals surface area contributed by atoms with Crippen molar-refractivity contribution in [1.82, 2.24) is 9.55 Å². The molecule has 0 amide bonds. The van der Waals surface area contributed by atoms with Gasteiger partial charge in [0.15, 0.2) is 0 Å². The van der Waals surface area contributed by atoms with Crippen molar-refractivity contribution in [3.05, 3.63) is 48.3 Å². The van der Waals surface area contributed by atoms with Crippen LogP contribution in [0.3, 0.4) is 0 Å². The second-order valence-electron chi connectivity index (χ2n) is 5.37. The van der Waals surface area contributed by atoms with Crippen molar-refractivity contribution >= 4 is 5.95 Å². The molecule has 1 aromatic carbocycles. The minimum absolute atomic E-state index is 0.281. The summed E-state index contributed by atoms with van der Waals surface area (Å²) in [5.41, 5.74) is 1.29. The molecule has 1 aliphatic carbocycles. The maximum atomic E-state index is 4.48. The third-order valence-electron chi connectivity index (χ3n) is 4.03. The topological polar surface area (TPSA) is 29.9 Å². The molecule has 1 unspecified atom stereocenters. The van der Waals surface area contributed by atoms with E-state index < -0.39 is 0 Å². The van der Waals surface area contributed by atoms with E-state index in [4.69, 9.17) is 0 Å². The van der Waals surface area contributed by atoms with E-state index in [-0.39, 0.29) is 6.04 Å². The normalized spacial score (nSPS) is 17.5. The van der Waals surface area contributed by atoms with Crippen molar-refractivity contribution in [2.45, 2.75) is 44.7 Å². The van der Waals surface area contributed by atoms with Crippen LogP contribution in [0.15, 0.2) is 42.7 Å². The first kappa shape index (κ1) is 12.3. The standard InChI is InChI=1S/C16H21N3/c1-13(14-7-3-2-4-8-14)18-16-17-11-12-19(16)15-9-5-6-10-15/h2-4,7-8,11-13,15H,5-6,9-10H2,1H3,(H,17,18). The van der Waals surface area contributed by atoms with Crippen molar-refractivity contribution < 1.29 is 0 Å². The van der Waals surface area contributed by atoms with Crippen LogP contribution in [-0.2, 0) is 0 Å². The number of nitrogens with one attached hydrogen (secondary N) is 1. The fourth-order valence-corrected chi connectivity index (χ4v) is 2.92. The van der Waals surface area contributed by atoms with Gasteiger partial charge in [-0.1, -0.05) is 43.2 Å². The van der Waals surface area contributed by atoms with Gasteiger partial charge in [0.1, 0.15) is 0 Å². The SMILES string of the molecule is CC(Nc1nccn1C1CCCC1)c1ccccc1. The lowest BCUT2D eigenvalue weighted by Gasteiger charge is -2.19. The summed E-state index contributed by atoms with van der Waals surface area (Å²) in [5, 5.41) is 3.54. The molecule has 3 heteroatoms. The number of hydrogen-bond donors (Lipinski definition) is 1. The van der Waals surface area contributed by atoms with E-state index in [2.05, 4.69) is 58.3 Å². The van der Waals surface area contributed by atoms with Gasteiger partial charge in [0.05, 0.1) is 6.04 Å². The molecule has 1 aliphatic rings. The summed E-state index contributed by atoms with van der Waals surface area (Å²) < 4.78 is 2.31. The first-order valence-corrected chi connectivity index (χ1v) is 7.19. The Hall–Kier alpha value is -1.77. The molecule has 0 spiro atoms. The van der Waals surface area contributed by atoms with Crippen LogP contribution in [0, 0.1) is 0 Å². The van der Waals surface area contributed by atoms with Gasteiger partial charge in [-0.2, -0.15) is 0 Å². The number of anilines is 1. The molecule has 0 bridgehead atoms. The lowest BCUT2D eigenvalue weighted by atomic mass is 10.1. The van der Waals surface area contributed by atoms with Crippen LogP contribution in [0.2, 0.25) is 0 Å². The van der Waals surface area contributed by atoms with Crippen molar-refractivity contribution in [2.75, 3.05) is 5.32 Å². The van der Waals surface area contributed by atoms with Crippen LogP contribution in [0.4, 0.5) is 5.95 Å². The highest BCUT2D eigenvalue weighted by Gasteiger charge is 2.19. The van der Waals surface area contributed by atoms with Crippen LogP contribution in [0.5, 0.6) is 0 Å². The maximum absolute atomic E-state index is 4.48. The predicted molar refractivity (Wildman–Crippen MR) is 78.2 cm³/mol. The Kier molecular flexibility index (Phi) is 3.53. The first-order valence-electron chi connectivity index (χ1n) is 7.19. The number of aromatic nitrogens is 2. The van der Waals surface area contributed by atoms with Gasteiger partial charge < -0.3 is 9.88 Å². The largest absolute Gasteiger partial charge is 0.349 e. The molecule has 1 N–H and O–H groups in total. The van der Waals surface area contributed by atoms with E-state index >= 15 is 0 Å². The van der Waals surface area contributed by atoms with Crippen molar-refractivity contribution in [3.63, 3.8) is 0 Å². The van der Waals surface area contributed by atoms with Gasteiger partial charge in [-0.15, -0.1) is 0 Å². The van der Waals surface area contributed by atoms with Gasteiger partial charge in [-0.05, 0) is 25.3 Å². The summed E-state index contributed by atoms with van der Waals surface area (Å²) in [7, 11) is 0. The summed E-state index contributed by atoms with van der Waals surface area (Å²) in [6.07, 6.45) is 9.26. The molecule has 2 aromatic rings. The summed E-state index contributed by atoms with van der Waals surface area (Å²) in [6, 6.07) is 11.4. The maximum Gasteiger partial charge on any atom is 0.203 e. The Morgan fingerprint density at radius 1 is 1.21 bits per heavy atom. The average Bonchev–Trinajstić information content (AvgIpc) is 3.10. The fraction of sp³-hybridized carbons (Fsp3) is 0.438. The third kappa shape index (κ3) is 2.65. The highest BCUT2D eigenvalue weighted by Crippen LogP contribution is 2.32. The van der Waals surface area contributed by atoms with E-state index in [0.29, 0.717) is 6.04 Å². The zero-order valence-corrected chi connectivity index (χ0v) is 11.4. The van der Waals surface area contributed by atoms with Crippen molar-refractivity contribution in [2.24, 2.45) is 0 Å². The van der Waals surface area contributed by atoms with Crippen LogP contribution < -0.4 is 5.32 Å². The number of hydrogen-bond acceptors (Lipinski definition) is 2. The molecule has 1 atom stereocenters. The van der Waals surface area contributed by atoms with Gasteiger partial charge in [0.25, 0.3) is 0 Å². The molecule has 100 valence electrons. The molecule has 1 saturated carbocycles. The highest BCUT2D eigenvalue weighted by molar-refractivity contribution is 5.33. The summed E-state index contributed by atoms with van der Waals surface area (Å²) in [6.45, 7) is 2.18. The van der Waals surface area contributed by atoms with Crippen LogP contribution in [0.1, 0.15) is 50.3 Å². The Balaban J connectivity index is 1.75. The molecule has 19 heavy (non-hydrogen) atoms. The lowest BCUT2D eigenvalue weighted by molar-refractivity contribution is 0.521. The Morgan fingerprint density at radius 2 is 1.95 bits per heavy atom. The van der Waals surface area contributed by atoms with Crippen molar-refractivity contribution in [3.8, 4) is 0 Å². The summed E-state index contributed by atoms with van der Waals surface area (Å²) in [4.78, 5) is 4.48. The second-order valence-corrected chi connectivity index (χ2v) is 5.37. The molecular weight excluding hydrogens is 234 g/mol. The molecular formula is C16H21N3. The highest BCUT2D eigenvalue weighted by atomic mass is 15.2. The average molecular weight is 255 g/mol. The van der Waals surface area contributed by atoms with Gasteiger partial charge >= 0.3 is 0 Å². The van der Waals surface area contributed by atoms with Gasteiger partial charge in [0, 0.05) is 18.4 Å². The van der Waals surface area contributed by atoms with E-state index in [0.717, 1.165) is 5.95 Å². The van der Waals surface area contributed by atoms with Gasteiger partial charge in [-0.3, -0.25) is 0 Å². The monoisotopic (exact) mass is 255 g/mol. The molecule has 3 nitrogen and oxygen atoms in total. The number of benzene rings is 1. The van der Waals surface area contributed by atoms with Gasteiger partial charge in [0.2, 0.25) is 5.95 Å². The van der Waals surface area contributed by atoms with E-state index in [9.17, 15) is 0 Å². The Bertz CT molecular complexity index is 512. The zero-order valence-electron chi connectivity index (χ0n) is 11.4. The Labute approximate surface area is 114 Å². The van der Waals surface area contributed by atoms with Crippen LogP contribution >= 0.6 is 0 Å². The quantitative estimate of drug-likeness (QED) is 0.888. The number of imidazole rings is 1. The summed E-state index contributed by atoms with van der Waals surface area (Å²) in [5.74, 6) is 1.00. The minimum Gasteiger partial charge on any atom is -0.349 e. The first-order chi connectivity index (χ1) is 9.34. The van der Waals surface area contributed by atoms with Crippen LogP contribution in [-0.4, -0.2) is 9.55 Å². The fourth-order valence-electron chi connectivity index (χ4n) is 2.92. The van der Waals surface area contributed by atoms with Crippen molar-refractivity contribution in [1.29, 1.82) is 0 Å². The van der Waals surface area contributed by atoms with E-state index in [1.165, 1.54) is 31.2 Å². The predicted octanol–water partition coefficient (Wildman–Crippen LogP) is 4.17. The minimum atomic E-state index is 0.281. The molecule has 0 saturated heterocycles. The van der Waals surface area contributed by atoms with E-state index in [1.807, 2.05) is 6.20 Å². The molecule has 1 fully saturated rings. The second kappa shape index (κ2) is 5.47. The molecule has 1 heterocycles. The smallest absolute Gasteiger partial charge is 0.203 e. The molecule has 0 radical (unpaired) electrons.